The highest BCUT2D eigenvalue weighted by molar-refractivity contribution is 8.30. The summed E-state index contributed by atoms with van der Waals surface area (Å²) in [5, 5.41) is 1.06. The highest BCUT2D eigenvalue weighted by Gasteiger charge is 2.35. The van der Waals surface area contributed by atoms with E-state index < -0.39 is 11.8 Å². The number of amides is 2. The van der Waals surface area contributed by atoms with E-state index in [9.17, 15) is 14.4 Å². The van der Waals surface area contributed by atoms with Gasteiger partial charge in [-0.05, 0) is 68.5 Å². The lowest BCUT2D eigenvalue weighted by molar-refractivity contribution is -0.131. The molecule has 10 heteroatoms. The SMILES string of the molecule is CCN1/C(=c2/s/c(=C3\SC(=S)N(NC(C)=O)C3=O)n(CC)c2=O)C=Cc2cc(C)ccc21. The summed E-state index contributed by atoms with van der Waals surface area (Å²) in [5.74, 6) is -0.819. The Morgan fingerprint density at radius 1 is 1.16 bits per heavy atom. The molecule has 32 heavy (non-hydrogen) atoms. The molecule has 1 N–H and O–H groups in total. The van der Waals surface area contributed by atoms with E-state index in [4.69, 9.17) is 12.2 Å². The van der Waals surface area contributed by atoms with Crippen LogP contribution in [0.1, 0.15) is 31.9 Å². The third-order valence-electron chi connectivity index (χ3n) is 5.17. The van der Waals surface area contributed by atoms with Gasteiger partial charge in [0.1, 0.15) is 14.1 Å². The van der Waals surface area contributed by atoms with Crippen molar-refractivity contribution in [1.82, 2.24) is 15.0 Å². The number of likely N-dealkylation sites (N-methyl/N-ethyl adjacent to an activating group) is 1. The van der Waals surface area contributed by atoms with Crippen molar-refractivity contribution in [2.24, 2.45) is 0 Å². The molecule has 3 heterocycles. The number of anilines is 1. The number of fused-ring (bicyclic) bond motifs is 1. The minimum absolute atomic E-state index is 0.147. The number of aryl methyl sites for hydroxylation is 1. The van der Waals surface area contributed by atoms with Crippen LogP contribution in [-0.2, 0) is 16.1 Å². The average Bonchev–Trinajstić information content (AvgIpc) is 3.22. The molecule has 0 unspecified atom stereocenters. The molecule has 1 fully saturated rings. The molecular formula is C22H22N4O3S3. The van der Waals surface area contributed by atoms with Gasteiger partial charge in [-0.3, -0.25) is 24.4 Å². The molecule has 1 saturated heterocycles. The lowest BCUT2D eigenvalue weighted by Crippen LogP contribution is -2.44. The summed E-state index contributed by atoms with van der Waals surface area (Å²) in [7, 11) is 0. The third-order valence-corrected chi connectivity index (χ3v) is 7.86. The van der Waals surface area contributed by atoms with Gasteiger partial charge in [-0.2, -0.15) is 5.01 Å². The molecule has 2 aromatic rings. The summed E-state index contributed by atoms with van der Waals surface area (Å²) < 4.78 is 2.94. The molecule has 4 rings (SSSR count). The number of carbonyl (C=O) groups excluding carboxylic acids is 2. The van der Waals surface area contributed by atoms with E-state index >= 15 is 0 Å². The molecule has 2 aliphatic heterocycles. The largest absolute Gasteiger partial charge is 0.340 e. The number of aromatic nitrogens is 1. The Labute approximate surface area is 198 Å². The fourth-order valence-corrected chi connectivity index (χ4v) is 6.33. The molecule has 1 aromatic heterocycles. The Balaban J connectivity index is 1.96. The zero-order valence-corrected chi connectivity index (χ0v) is 20.5. The molecule has 0 aliphatic carbocycles. The van der Waals surface area contributed by atoms with Crippen molar-refractivity contribution >= 4 is 73.8 Å². The number of hydrogen-bond donors (Lipinski definition) is 1. The first kappa shape index (κ1) is 22.5. The standard InChI is InChI=1S/C22H22N4O3S3/c1-5-24-15-9-7-12(3)11-14(15)8-10-16(24)17-19(28)25(6-2)21(31-17)18-20(29)26(22(30)32-18)23-13(4)27/h7-11H,5-6H2,1-4H3,(H,23,27)/b17-16+,21-18-. The maximum atomic E-state index is 13.4. The molecule has 0 radical (unpaired) electrons. The zero-order chi connectivity index (χ0) is 23.2. The smallest absolute Gasteiger partial charge is 0.288 e. The van der Waals surface area contributed by atoms with Crippen LogP contribution in [0, 0.1) is 6.92 Å². The number of benzene rings is 1. The lowest BCUT2D eigenvalue weighted by atomic mass is 10.0. The number of rotatable bonds is 3. The fourth-order valence-electron chi connectivity index (χ4n) is 3.76. The van der Waals surface area contributed by atoms with Crippen molar-refractivity contribution in [2.75, 3.05) is 11.4 Å². The van der Waals surface area contributed by atoms with Crippen LogP contribution in [0.3, 0.4) is 0 Å². The Hall–Kier alpha value is -2.69. The second-order valence-corrected chi connectivity index (χ2v) is 9.96. The van der Waals surface area contributed by atoms with Crippen LogP contribution >= 0.6 is 35.3 Å². The maximum absolute atomic E-state index is 13.4. The number of nitrogens with one attached hydrogen (secondary N) is 1. The summed E-state index contributed by atoms with van der Waals surface area (Å²) in [6.45, 7) is 8.39. The molecule has 7 nitrogen and oxygen atoms in total. The molecule has 0 atom stereocenters. The van der Waals surface area contributed by atoms with Gasteiger partial charge in [0.25, 0.3) is 11.5 Å². The summed E-state index contributed by atoms with van der Waals surface area (Å²) in [5.41, 5.74) is 6.44. The van der Waals surface area contributed by atoms with Gasteiger partial charge in [0.2, 0.25) is 5.91 Å². The summed E-state index contributed by atoms with van der Waals surface area (Å²) in [6.07, 6.45) is 3.99. The van der Waals surface area contributed by atoms with Gasteiger partial charge < -0.3 is 4.90 Å². The van der Waals surface area contributed by atoms with Gasteiger partial charge in [0, 0.05) is 25.7 Å². The molecule has 0 spiro atoms. The monoisotopic (exact) mass is 486 g/mol. The summed E-state index contributed by atoms with van der Waals surface area (Å²) in [4.78, 5) is 40.3. The van der Waals surface area contributed by atoms with Crippen molar-refractivity contribution in [1.29, 1.82) is 0 Å². The minimum atomic E-state index is -0.428. The van der Waals surface area contributed by atoms with Crippen molar-refractivity contribution in [3.63, 3.8) is 0 Å². The molecule has 0 saturated carbocycles. The van der Waals surface area contributed by atoms with Gasteiger partial charge in [-0.15, -0.1) is 11.3 Å². The Kier molecular flexibility index (Phi) is 6.11. The fraction of sp³-hybridized carbons (Fsp3) is 0.273. The van der Waals surface area contributed by atoms with Crippen LogP contribution in [0.4, 0.5) is 5.69 Å². The zero-order valence-electron chi connectivity index (χ0n) is 18.1. The number of thiocarbonyl (C=S) groups is 1. The molecular weight excluding hydrogens is 464 g/mol. The second kappa shape index (κ2) is 8.68. The number of nitrogens with zero attached hydrogens (tertiary/aromatic N) is 3. The first-order chi connectivity index (χ1) is 15.3. The summed E-state index contributed by atoms with van der Waals surface area (Å²) in [6, 6.07) is 6.25. The molecule has 1 aromatic carbocycles. The van der Waals surface area contributed by atoms with Gasteiger partial charge in [-0.25, -0.2) is 0 Å². The molecule has 2 aliphatic rings. The van der Waals surface area contributed by atoms with Gasteiger partial charge in [-0.1, -0.05) is 17.7 Å². The van der Waals surface area contributed by atoms with Crippen molar-refractivity contribution in [3.8, 4) is 0 Å². The third kappa shape index (κ3) is 3.72. The van der Waals surface area contributed by atoms with E-state index in [0.717, 1.165) is 33.7 Å². The maximum Gasteiger partial charge on any atom is 0.288 e. The first-order valence-electron chi connectivity index (χ1n) is 10.1. The van der Waals surface area contributed by atoms with E-state index in [0.29, 0.717) is 27.2 Å². The van der Waals surface area contributed by atoms with Crippen LogP contribution in [0.15, 0.2) is 29.1 Å². The summed E-state index contributed by atoms with van der Waals surface area (Å²) >= 11 is 7.65. The van der Waals surface area contributed by atoms with Crippen LogP contribution in [0.5, 0.6) is 0 Å². The van der Waals surface area contributed by atoms with Crippen LogP contribution in [-0.4, -0.2) is 32.3 Å². The quantitative estimate of drug-likeness (QED) is 0.669. The van der Waals surface area contributed by atoms with E-state index in [1.165, 1.54) is 23.8 Å². The Morgan fingerprint density at radius 2 is 1.91 bits per heavy atom. The van der Waals surface area contributed by atoms with Crippen LogP contribution < -0.4 is 25.1 Å². The molecule has 166 valence electrons. The van der Waals surface area contributed by atoms with Crippen LogP contribution in [0.2, 0.25) is 0 Å². The highest BCUT2D eigenvalue weighted by Crippen LogP contribution is 2.32. The number of hydrogen-bond acceptors (Lipinski definition) is 7. The predicted octanol–water partition coefficient (Wildman–Crippen LogP) is 1.92. The van der Waals surface area contributed by atoms with Gasteiger partial charge >= 0.3 is 0 Å². The van der Waals surface area contributed by atoms with E-state index in [1.54, 1.807) is 4.57 Å². The normalized spacial score (nSPS) is 19.0. The average molecular weight is 487 g/mol. The van der Waals surface area contributed by atoms with Crippen LogP contribution in [0.25, 0.3) is 16.7 Å². The van der Waals surface area contributed by atoms with E-state index in [-0.39, 0.29) is 9.88 Å². The van der Waals surface area contributed by atoms with Crippen molar-refractivity contribution < 1.29 is 9.59 Å². The van der Waals surface area contributed by atoms with Gasteiger partial charge in [0.05, 0.1) is 5.70 Å². The second-order valence-electron chi connectivity index (χ2n) is 7.32. The molecule has 0 bridgehead atoms. The van der Waals surface area contributed by atoms with E-state index in [1.807, 2.05) is 26.0 Å². The van der Waals surface area contributed by atoms with E-state index in [2.05, 4.69) is 35.4 Å². The Morgan fingerprint density at radius 3 is 2.56 bits per heavy atom. The molecule has 2 amide bonds. The highest BCUT2D eigenvalue weighted by atomic mass is 32.2. The van der Waals surface area contributed by atoms with Crippen molar-refractivity contribution in [3.05, 3.63) is 55.0 Å². The number of carbonyl (C=O) groups is 2. The Bertz CT molecular complexity index is 1370. The lowest BCUT2D eigenvalue weighted by Gasteiger charge is -2.29. The number of thiazole rings is 1. The topological polar surface area (TPSA) is 74.7 Å². The predicted molar refractivity (Wildman–Crippen MR) is 134 cm³/mol. The first-order valence-corrected chi connectivity index (χ1v) is 12.2. The number of thioether (sulfide) groups is 1. The van der Waals surface area contributed by atoms with Gasteiger partial charge in [0.15, 0.2) is 4.32 Å². The van der Waals surface area contributed by atoms with Crippen molar-refractivity contribution in [2.45, 2.75) is 34.2 Å². The minimum Gasteiger partial charge on any atom is -0.340 e. The number of hydrazine groups is 1.